The average molecular weight is 407 g/mol. The lowest BCUT2D eigenvalue weighted by Crippen LogP contribution is -2.13. The molecule has 0 aliphatic heterocycles. The van der Waals surface area contributed by atoms with Crippen LogP contribution < -0.4 is 0 Å². The molecule has 1 aromatic carbocycles. The molecule has 1 aliphatic rings. The van der Waals surface area contributed by atoms with Gasteiger partial charge in [-0.3, -0.25) is 4.98 Å². The van der Waals surface area contributed by atoms with Crippen LogP contribution in [0.25, 0.3) is 11.3 Å². The SMILES string of the molecule is CCCCCCCCC1CCC(c2ccc(-c3ccc(N=C=S)cc3)nc2)CC1. The number of isothiocyanates is 1. The van der Waals surface area contributed by atoms with Gasteiger partial charge in [-0.25, -0.2) is 0 Å². The Labute approximate surface area is 181 Å². The van der Waals surface area contributed by atoms with E-state index in [4.69, 9.17) is 4.98 Å². The Bertz CT molecular complexity index is 767. The summed E-state index contributed by atoms with van der Waals surface area (Å²) in [6.07, 6.45) is 17.5. The molecule has 3 heteroatoms. The molecule has 0 radical (unpaired) electrons. The summed E-state index contributed by atoms with van der Waals surface area (Å²) in [5.41, 5.74) is 4.37. The number of rotatable bonds is 10. The minimum absolute atomic E-state index is 0.691. The Hall–Kier alpha value is -1.83. The smallest absolute Gasteiger partial charge is 0.0740 e. The van der Waals surface area contributed by atoms with Crippen molar-refractivity contribution in [1.29, 1.82) is 0 Å². The molecule has 3 rings (SSSR count). The quantitative estimate of drug-likeness (QED) is 0.224. The van der Waals surface area contributed by atoms with E-state index in [-0.39, 0.29) is 0 Å². The second kappa shape index (κ2) is 12.0. The lowest BCUT2D eigenvalue weighted by molar-refractivity contribution is 0.301. The van der Waals surface area contributed by atoms with Crippen molar-refractivity contribution < 1.29 is 0 Å². The fourth-order valence-corrected chi connectivity index (χ4v) is 4.68. The topological polar surface area (TPSA) is 25.2 Å². The highest BCUT2D eigenvalue weighted by Gasteiger charge is 2.22. The third-order valence-electron chi connectivity index (χ3n) is 6.41. The summed E-state index contributed by atoms with van der Waals surface area (Å²) in [5, 5.41) is 2.40. The van der Waals surface area contributed by atoms with Gasteiger partial charge < -0.3 is 0 Å². The van der Waals surface area contributed by atoms with Crippen LogP contribution in [0.5, 0.6) is 0 Å². The zero-order valence-electron chi connectivity index (χ0n) is 17.8. The van der Waals surface area contributed by atoms with Crippen molar-refractivity contribution in [3.8, 4) is 11.3 Å². The van der Waals surface area contributed by atoms with E-state index in [2.05, 4.69) is 47.6 Å². The van der Waals surface area contributed by atoms with E-state index in [1.807, 2.05) is 24.3 Å². The molecule has 154 valence electrons. The first-order chi connectivity index (χ1) is 14.3. The van der Waals surface area contributed by atoms with Gasteiger partial charge in [0.05, 0.1) is 16.5 Å². The van der Waals surface area contributed by atoms with E-state index in [9.17, 15) is 0 Å². The maximum absolute atomic E-state index is 4.74. The van der Waals surface area contributed by atoms with Gasteiger partial charge in [-0.15, -0.1) is 0 Å². The van der Waals surface area contributed by atoms with Crippen LogP contribution in [-0.4, -0.2) is 10.1 Å². The van der Waals surface area contributed by atoms with Crippen molar-refractivity contribution in [2.24, 2.45) is 10.9 Å². The molecule has 29 heavy (non-hydrogen) atoms. The van der Waals surface area contributed by atoms with E-state index >= 15 is 0 Å². The number of aliphatic imine (C=N–C) groups is 1. The van der Waals surface area contributed by atoms with Crippen molar-refractivity contribution in [2.75, 3.05) is 0 Å². The van der Waals surface area contributed by atoms with E-state index in [0.717, 1.165) is 22.9 Å². The molecule has 2 aromatic rings. The first-order valence-corrected chi connectivity index (χ1v) is 11.8. The predicted octanol–water partition coefficient (Wildman–Crippen LogP) is 8.51. The molecule has 0 N–H and O–H groups in total. The Morgan fingerprint density at radius 1 is 0.931 bits per heavy atom. The molecule has 1 fully saturated rings. The van der Waals surface area contributed by atoms with Crippen LogP contribution in [-0.2, 0) is 0 Å². The lowest BCUT2D eigenvalue weighted by Gasteiger charge is -2.28. The van der Waals surface area contributed by atoms with Crippen molar-refractivity contribution in [2.45, 2.75) is 83.5 Å². The average Bonchev–Trinajstić information content (AvgIpc) is 2.78. The molecular weight excluding hydrogens is 372 g/mol. The van der Waals surface area contributed by atoms with Crippen LogP contribution >= 0.6 is 12.2 Å². The molecule has 1 heterocycles. The van der Waals surface area contributed by atoms with Gasteiger partial charge in [0.2, 0.25) is 0 Å². The minimum Gasteiger partial charge on any atom is -0.256 e. The van der Waals surface area contributed by atoms with E-state index < -0.39 is 0 Å². The normalized spacial score (nSPS) is 18.9. The molecule has 1 aromatic heterocycles. The predicted molar refractivity (Wildman–Crippen MR) is 127 cm³/mol. The number of aromatic nitrogens is 1. The van der Waals surface area contributed by atoms with Gasteiger partial charge in [-0.05, 0) is 73.5 Å². The summed E-state index contributed by atoms with van der Waals surface area (Å²) < 4.78 is 0. The fourth-order valence-electron chi connectivity index (χ4n) is 4.57. The molecule has 0 spiro atoms. The number of unbranched alkanes of at least 4 members (excludes halogenated alkanes) is 5. The second-order valence-electron chi connectivity index (χ2n) is 8.50. The summed E-state index contributed by atoms with van der Waals surface area (Å²) in [5.74, 6) is 1.65. The molecular formula is C26H34N2S. The molecule has 0 amide bonds. The standard InChI is InChI=1S/C26H34N2S/c1-2-3-4-5-6-7-8-21-9-11-22(12-10-21)24-15-18-26(27-19-24)23-13-16-25(17-14-23)28-20-29/h13-19,21-22H,2-12H2,1H3. The van der Waals surface area contributed by atoms with Crippen molar-refractivity contribution in [1.82, 2.24) is 4.98 Å². The molecule has 0 unspecified atom stereocenters. The van der Waals surface area contributed by atoms with Crippen LogP contribution in [0.4, 0.5) is 5.69 Å². The summed E-state index contributed by atoms with van der Waals surface area (Å²) in [4.78, 5) is 8.74. The zero-order chi connectivity index (χ0) is 20.3. The summed E-state index contributed by atoms with van der Waals surface area (Å²) >= 11 is 4.65. The number of nitrogens with zero attached hydrogens (tertiary/aromatic N) is 2. The number of hydrogen-bond acceptors (Lipinski definition) is 3. The molecule has 0 atom stereocenters. The second-order valence-corrected chi connectivity index (χ2v) is 8.68. The Balaban J connectivity index is 1.44. The number of benzene rings is 1. The van der Waals surface area contributed by atoms with Gasteiger partial charge in [0, 0.05) is 11.8 Å². The highest BCUT2D eigenvalue weighted by Crippen LogP contribution is 2.38. The third-order valence-corrected chi connectivity index (χ3v) is 6.50. The fraction of sp³-hybridized carbons (Fsp3) is 0.538. The molecule has 2 nitrogen and oxygen atoms in total. The largest absolute Gasteiger partial charge is 0.256 e. The maximum atomic E-state index is 4.74. The van der Waals surface area contributed by atoms with Gasteiger partial charge in [0.25, 0.3) is 0 Å². The highest BCUT2D eigenvalue weighted by atomic mass is 32.1. The molecule has 1 aliphatic carbocycles. The zero-order valence-corrected chi connectivity index (χ0v) is 18.6. The third kappa shape index (κ3) is 6.87. The molecule has 0 bridgehead atoms. The minimum atomic E-state index is 0.691. The van der Waals surface area contributed by atoms with Crippen molar-refractivity contribution in [3.63, 3.8) is 0 Å². The van der Waals surface area contributed by atoms with Crippen LogP contribution in [0, 0.1) is 5.92 Å². The van der Waals surface area contributed by atoms with Gasteiger partial charge in [0.1, 0.15) is 0 Å². The summed E-state index contributed by atoms with van der Waals surface area (Å²) in [6, 6.07) is 12.4. The monoisotopic (exact) mass is 406 g/mol. The number of thiocarbonyl (C=S) groups is 1. The van der Waals surface area contributed by atoms with Crippen molar-refractivity contribution in [3.05, 3.63) is 48.2 Å². The van der Waals surface area contributed by atoms with Crippen LogP contribution in [0.15, 0.2) is 47.6 Å². The lowest BCUT2D eigenvalue weighted by atomic mass is 9.77. The van der Waals surface area contributed by atoms with Crippen molar-refractivity contribution >= 4 is 23.1 Å². The van der Waals surface area contributed by atoms with Crippen LogP contribution in [0.1, 0.15) is 89.0 Å². The number of hydrogen-bond donors (Lipinski definition) is 0. The van der Waals surface area contributed by atoms with Crippen LogP contribution in [0.3, 0.4) is 0 Å². The molecule has 1 saturated carbocycles. The Kier molecular flexibility index (Phi) is 9.05. The van der Waals surface area contributed by atoms with Gasteiger partial charge in [0.15, 0.2) is 0 Å². The molecule has 0 saturated heterocycles. The van der Waals surface area contributed by atoms with Gasteiger partial charge in [-0.1, -0.05) is 70.1 Å². The number of pyridine rings is 1. The Morgan fingerprint density at radius 3 is 2.31 bits per heavy atom. The highest BCUT2D eigenvalue weighted by molar-refractivity contribution is 7.78. The summed E-state index contributed by atoms with van der Waals surface area (Å²) in [6.45, 7) is 2.29. The Morgan fingerprint density at radius 2 is 1.66 bits per heavy atom. The van der Waals surface area contributed by atoms with Crippen LogP contribution in [0.2, 0.25) is 0 Å². The van der Waals surface area contributed by atoms with Gasteiger partial charge in [-0.2, -0.15) is 4.99 Å². The van der Waals surface area contributed by atoms with Gasteiger partial charge >= 0.3 is 0 Å². The van der Waals surface area contributed by atoms with E-state index in [1.165, 1.54) is 76.2 Å². The summed E-state index contributed by atoms with van der Waals surface area (Å²) in [7, 11) is 0. The maximum Gasteiger partial charge on any atom is 0.0740 e. The first-order valence-electron chi connectivity index (χ1n) is 11.4. The van der Waals surface area contributed by atoms with E-state index in [0.29, 0.717) is 5.92 Å². The first kappa shape index (κ1) is 21.9. The van der Waals surface area contributed by atoms with E-state index in [1.54, 1.807) is 0 Å².